The molecule has 6 rings (SSSR count). The monoisotopic (exact) mass is 570 g/mol. The van der Waals surface area contributed by atoms with Crippen molar-refractivity contribution >= 4 is 50.9 Å². The first kappa shape index (κ1) is 26.5. The number of aryl methyl sites for hydroxylation is 2. The largest absolute Gasteiger partial charge is 0.484 e. The molecule has 0 bridgehead atoms. The number of nitrogens with zero attached hydrogens (tertiary/aromatic N) is 5. The summed E-state index contributed by atoms with van der Waals surface area (Å²) in [6.07, 6.45) is 2.32. The van der Waals surface area contributed by atoms with Crippen LogP contribution in [0.3, 0.4) is 0 Å². The van der Waals surface area contributed by atoms with Crippen molar-refractivity contribution in [1.82, 2.24) is 9.97 Å². The van der Waals surface area contributed by atoms with Crippen LogP contribution in [0.25, 0.3) is 20.8 Å². The number of nitriles is 1. The zero-order valence-corrected chi connectivity index (χ0v) is 23.4. The molecule has 0 aliphatic carbocycles. The van der Waals surface area contributed by atoms with Crippen molar-refractivity contribution < 1.29 is 23.7 Å². The summed E-state index contributed by atoms with van der Waals surface area (Å²) in [5, 5.41) is 13.1. The summed E-state index contributed by atoms with van der Waals surface area (Å²) in [7, 11) is 1.64. The van der Waals surface area contributed by atoms with Crippen molar-refractivity contribution in [3.05, 3.63) is 53.3 Å². The van der Waals surface area contributed by atoms with Gasteiger partial charge in [-0.2, -0.15) is 5.26 Å². The van der Waals surface area contributed by atoms with Gasteiger partial charge in [-0.3, -0.25) is 15.3 Å². The van der Waals surface area contributed by atoms with Crippen LogP contribution in [-0.4, -0.2) is 62.0 Å². The number of nitrogens with one attached hydrogen (secondary N) is 1. The topological polar surface area (TPSA) is 131 Å². The van der Waals surface area contributed by atoms with E-state index in [1.54, 1.807) is 25.4 Å². The quantitative estimate of drug-likeness (QED) is 0.325. The van der Waals surface area contributed by atoms with Crippen molar-refractivity contribution in [2.75, 3.05) is 43.8 Å². The molecule has 4 aromatic rings. The van der Waals surface area contributed by atoms with E-state index >= 15 is 0 Å². The lowest BCUT2D eigenvalue weighted by Crippen LogP contribution is -2.35. The Morgan fingerprint density at radius 1 is 1.29 bits per heavy atom. The van der Waals surface area contributed by atoms with Crippen LogP contribution >= 0.6 is 11.3 Å². The first-order chi connectivity index (χ1) is 19.9. The number of methoxy groups -OCH3 is 1. The first-order valence-corrected chi connectivity index (χ1v) is 13.7. The van der Waals surface area contributed by atoms with Gasteiger partial charge in [-0.15, -0.1) is 11.3 Å². The number of ether oxygens (including phenoxy) is 4. The maximum Gasteiger partial charge on any atom is 0.411 e. The molecule has 0 fully saturated rings. The third-order valence-electron chi connectivity index (χ3n) is 6.64. The molecule has 208 valence electrons. The second-order valence-electron chi connectivity index (χ2n) is 9.64. The summed E-state index contributed by atoms with van der Waals surface area (Å²) in [5.74, 6) is 1.15. The third kappa shape index (κ3) is 5.25. The van der Waals surface area contributed by atoms with E-state index in [9.17, 15) is 10.1 Å². The van der Waals surface area contributed by atoms with Crippen molar-refractivity contribution in [1.29, 1.82) is 5.26 Å². The number of anilines is 2. The maximum absolute atomic E-state index is 12.3. The van der Waals surface area contributed by atoms with Gasteiger partial charge in [0.25, 0.3) is 0 Å². The lowest BCUT2D eigenvalue weighted by molar-refractivity contribution is 0.0383. The molecule has 0 saturated heterocycles. The highest BCUT2D eigenvalue weighted by molar-refractivity contribution is 7.22. The summed E-state index contributed by atoms with van der Waals surface area (Å²) in [4.78, 5) is 28.0. The number of hydrogen-bond acceptors (Lipinski definition) is 11. The summed E-state index contributed by atoms with van der Waals surface area (Å²) < 4.78 is 23.9. The SMILES string of the molecule is COCN1CC=Nc2c(-c3nc4c(C)cc5c(c4s3)OC[C@H](COC(=O)Nc3ccc(C)nc3)O5)cc(C#N)cc21. The Balaban J connectivity index is 1.25. The van der Waals surface area contributed by atoms with Crippen LogP contribution in [-0.2, 0) is 9.47 Å². The number of carbonyl (C=O) groups is 1. The van der Waals surface area contributed by atoms with E-state index in [2.05, 4.69) is 21.4 Å². The Morgan fingerprint density at radius 2 is 2.17 bits per heavy atom. The molecule has 2 aliphatic heterocycles. The Labute approximate surface area is 240 Å². The summed E-state index contributed by atoms with van der Waals surface area (Å²) in [5.41, 5.74) is 5.94. The Bertz CT molecular complexity index is 1710. The normalized spacial score (nSPS) is 15.4. The lowest BCUT2D eigenvalue weighted by atomic mass is 10.1. The summed E-state index contributed by atoms with van der Waals surface area (Å²) in [6.45, 7) is 5.00. The van der Waals surface area contributed by atoms with E-state index in [1.807, 2.05) is 43.2 Å². The average Bonchev–Trinajstić information content (AvgIpc) is 3.43. The minimum atomic E-state index is -0.599. The van der Waals surface area contributed by atoms with E-state index in [1.165, 1.54) is 11.3 Å². The molecule has 2 aromatic carbocycles. The minimum absolute atomic E-state index is 0.0126. The fourth-order valence-corrected chi connectivity index (χ4v) is 5.84. The highest BCUT2D eigenvalue weighted by Crippen LogP contribution is 2.48. The molecule has 0 unspecified atom stereocenters. The molecular weight excluding hydrogens is 544 g/mol. The van der Waals surface area contributed by atoms with Gasteiger partial charge in [-0.05, 0) is 49.7 Å². The van der Waals surface area contributed by atoms with Gasteiger partial charge in [0.2, 0.25) is 0 Å². The number of thiazole rings is 1. The molecule has 1 amide bonds. The van der Waals surface area contributed by atoms with E-state index in [0.717, 1.165) is 43.4 Å². The maximum atomic E-state index is 12.3. The molecule has 4 heterocycles. The van der Waals surface area contributed by atoms with Gasteiger partial charge in [-0.1, -0.05) is 0 Å². The second kappa shape index (κ2) is 11.0. The standard InChI is InChI=1S/C29H26N6O5S/c1-16-8-23-26(38-13-20(40-23)14-39-29(36)33-19-5-4-17(2)32-12-19)27-24(16)34-28(41-27)21-9-18(11-30)10-22-25(21)31-6-7-35(22)15-37-3/h4-6,8-10,12,20H,7,13-15H2,1-3H3,(H,33,36)/t20-/m1/s1. The molecule has 2 aromatic heterocycles. The molecule has 41 heavy (non-hydrogen) atoms. The molecule has 0 saturated carbocycles. The van der Waals surface area contributed by atoms with Crippen molar-refractivity contribution in [2.24, 2.45) is 4.99 Å². The molecule has 2 aliphatic rings. The van der Waals surface area contributed by atoms with Crippen LogP contribution in [0.1, 0.15) is 16.8 Å². The highest BCUT2D eigenvalue weighted by atomic mass is 32.1. The number of rotatable bonds is 6. The van der Waals surface area contributed by atoms with Gasteiger partial charge < -0.3 is 23.8 Å². The Kier molecular flexibility index (Phi) is 7.13. The number of pyridine rings is 1. The fourth-order valence-electron chi connectivity index (χ4n) is 4.69. The first-order valence-electron chi connectivity index (χ1n) is 12.9. The molecule has 0 spiro atoms. The molecule has 1 atom stereocenters. The van der Waals surface area contributed by atoms with Gasteiger partial charge in [0.15, 0.2) is 17.6 Å². The van der Waals surface area contributed by atoms with E-state index in [4.69, 9.17) is 23.9 Å². The van der Waals surface area contributed by atoms with Crippen LogP contribution < -0.4 is 19.7 Å². The zero-order valence-electron chi connectivity index (χ0n) is 22.6. The number of hydrogen-bond donors (Lipinski definition) is 1. The molecule has 1 N–H and O–H groups in total. The number of fused-ring (bicyclic) bond motifs is 4. The summed E-state index contributed by atoms with van der Waals surface area (Å²) in [6, 6.07) is 11.3. The lowest BCUT2D eigenvalue weighted by Gasteiger charge is -2.27. The number of aliphatic imine (C=N–C) groups is 1. The number of carbonyl (C=O) groups excluding carboxylic acids is 1. The smallest absolute Gasteiger partial charge is 0.411 e. The van der Waals surface area contributed by atoms with E-state index < -0.39 is 12.2 Å². The van der Waals surface area contributed by atoms with Gasteiger partial charge in [0.05, 0.1) is 47.0 Å². The van der Waals surface area contributed by atoms with Crippen LogP contribution in [0.4, 0.5) is 21.9 Å². The third-order valence-corrected chi connectivity index (χ3v) is 7.73. The van der Waals surface area contributed by atoms with Gasteiger partial charge in [0, 0.05) is 24.6 Å². The number of benzene rings is 2. The number of aromatic nitrogens is 2. The molecule has 12 heteroatoms. The van der Waals surface area contributed by atoms with Crippen molar-refractivity contribution in [3.63, 3.8) is 0 Å². The summed E-state index contributed by atoms with van der Waals surface area (Å²) >= 11 is 1.46. The predicted molar refractivity (Wildman–Crippen MR) is 156 cm³/mol. The van der Waals surface area contributed by atoms with Gasteiger partial charge in [0.1, 0.15) is 29.7 Å². The van der Waals surface area contributed by atoms with Crippen molar-refractivity contribution in [3.8, 4) is 28.1 Å². The molecule has 0 radical (unpaired) electrons. The van der Waals surface area contributed by atoms with Gasteiger partial charge in [-0.25, -0.2) is 9.78 Å². The van der Waals surface area contributed by atoms with E-state index in [0.29, 0.717) is 36.0 Å². The Morgan fingerprint density at radius 3 is 2.95 bits per heavy atom. The minimum Gasteiger partial charge on any atom is -0.484 e. The Hall–Kier alpha value is -4.73. The van der Waals surface area contributed by atoms with Gasteiger partial charge >= 0.3 is 6.09 Å². The zero-order chi connectivity index (χ0) is 28.5. The van der Waals surface area contributed by atoms with Crippen molar-refractivity contribution in [2.45, 2.75) is 20.0 Å². The number of amides is 1. The van der Waals surface area contributed by atoms with Crippen LogP contribution in [0.2, 0.25) is 0 Å². The van der Waals surface area contributed by atoms with Crippen LogP contribution in [0, 0.1) is 25.2 Å². The highest BCUT2D eigenvalue weighted by Gasteiger charge is 2.28. The van der Waals surface area contributed by atoms with Crippen LogP contribution in [0.5, 0.6) is 11.5 Å². The van der Waals surface area contributed by atoms with E-state index in [-0.39, 0.29) is 13.2 Å². The second-order valence-corrected chi connectivity index (χ2v) is 10.6. The molecule has 11 nitrogen and oxygen atoms in total. The average molecular weight is 571 g/mol. The predicted octanol–water partition coefficient (Wildman–Crippen LogP) is 5.36. The van der Waals surface area contributed by atoms with Crippen LogP contribution in [0.15, 0.2) is 41.5 Å². The fraction of sp³-hybridized carbons (Fsp3) is 0.276. The molecular formula is C29H26N6O5S.